The van der Waals surface area contributed by atoms with Gasteiger partial charge in [0.25, 0.3) is 5.69 Å². The van der Waals surface area contributed by atoms with Crippen LogP contribution in [-0.2, 0) is 6.42 Å². The summed E-state index contributed by atoms with van der Waals surface area (Å²) in [6.45, 7) is 0. The lowest BCUT2D eigenvalue weighted by Gasteiger charge is -2.11. The van der Waals surface area contributed by atoms with E-state index in [1.165, 1.54) is 12.1 Å². The fourth-order valence-corrected chi connectivity index (χ4v) is 3.36. The van der Waals surface area contributed by atoms with Gasteiger partial charge in [-0.2, -0.15) is 0 Å². The van der Waals surface area contributed by atoms with Crippen molar-refractivity contribution < 1.29 is 9.66 Å². The Labute approximate surface area is 134 Å². The summed E-state index contributed by atoms with van der Waals surface area (Å²) in [4.78, 5) is 13.7. The molecule has 0 bridgehead atoms. The molecule has 4 rings (SSSR count). The van der Waals surface area contributed by atoms with E-state index in [1.807, 2.05) is 6.20 Å². The van der Waals surface area contributed by atoms with E-state index in [4.69, 9.17) is 27.9 Å². The summed E-state index contributed by atoms with van der Waals surface area (Å²) >= 11 is 12.3. The minimum Gasteiger partial charge on any atom is -0.455 e. The predicted molar refractivity (Wildman–Crippen MR) is 84.3 cm³/mol. The molecule has 2 aromatic carbocycles. The molecular formula is C15H8Cl2N2O3. The van der Waals surface area contributed by atoms with Gasteiger partial charge in [0.05, 0.1) is 21.5 Å². The van der Waals surface area contributed by atoms with Crippen molar-refractivity contribution in [2.75, 3.05) is 0 Å². The summed E-state index contributed by atoms with van der Waals surface area (Å²) in [5.41, 5.74) is 2.45. The number of nitro benzene ring substituents is 1. The van der Waals surface area contributed by atoms with Crippen LogP contribution in [0.4, 0.5) is 5.69 Å². The molecule has 7 heteroatoms. The first-order valence-corrected chi connectivity index (χ1v) is 7.22. The Morgan fingerprint density at radius 1 is 1.18 bits per heavy atom. The molecule has 1 aliphatic heterocycles. The number of benzene rings is 2. The van der Waals surface area contributed by atoms with Gasteiger partial charge in [0.1, 0.15) is 11.5 Å². The molecule has 0 aliphatic carbocycles. The molecule has 0 unspecified atom stereocenters. The Balaban J connectivity index is 2.02. The number of halogens is 2. The Kier molecular flexibility index (Phi) is 2.82. The maximum atomic E-state index is 11.1. The molecule has 0 saturated carbocycles. The molecule has 5 nitrogen and oxygen atoms in total. The summed E-state index contributed by atoms with van der Waals surface area (Å²) in [6.07, 6.45) is 2.41. The Morgan fingerprint density at radius 2 is 2.00 bits per heavy atom. The van der Waals surface area contributed by atoms with Crippen LogP contribution >= 0.6 is 23.2 Å². The highest BCUT2D eigenvalue weighted by atomic mass is 35.5. The molecule has 0 fully saturated rings. The quantitative estimate of drug-likeness (QED) is 0.390. The van der Waals surface area contributed by atoms with E-state index in [2.05, 4.69) is 4.98 Å². The largest absolute Gasteiger partial charge is 0.455 e. The average Bonchev–Trinajstić information content (AvgIpc) is 2.77. The topological polar surface area (TPSA) is 68.2 Å². The van der Waals surface area contributed by atoms with Crippen molar-refractivity contribution in [3.8, 4) is 11.5 Å². The van der Waals surface area contributed by atoms with Crippen LogP contribution in [0.3, 0.4) is 0 Å². The smallest absolute Gasteiger partial charge is 0.275 e. The maximum absolute atomic E-state index is 11.1. The van der Waals surface area contributed by atoms with Gasteiger partial charge in [0, 0.05) is 34.7 Å². The summed E-state index contributed by atoms with van der Waals surface area (Å²) in [5.74, 6) is 0.910. The number of ether oxygens (including phenoxy) is 1. The van der Waals surface area contributed by atoms with Crippen molar-refractivity contribution in [1.29, 1.82) is 0 Å². The van der Waals surface area contributed by atoms with Crippen LogP contribution in [-0.4, -0.2) is 9.91 Å². The lowest BCUT2D eigenvalue weighted by Crippen LogP contribution is -1.92. The van der Waals surface area contributed by atoms with E-state index >= 15 is 0 Å². The lowest BCUT2D eigenvalue weighted by atomic mass is 10.0. The highest BCUT2D eigenvalue weighted by Gasteiger charge is 2.23. The molecule has 3 aromatic rings. The second-order valence-corrected chi connectivity index (χ2v) is 5.94. The zero-order chi connectivity index (χ0) is 15.4. The molecule has 0 amide bonds. The van der Waals surface area contributed by atoms with E-state index in [0.29, 0.717) is 33.5 Å². The zero-order valence-corrected chi connectivity index (χ0v) is 12.5. The maximum Gasteiger partial charge on any atom is 0.275 e. The number of rotatable bonds is 1. The summed E-state index contributed by atoms with van der Waals surface area (Å²) in [7, 11) is 0. The van der Waals surface area contributed by atoms with Crippen molar-refractivity contribution in [2.24, 2.45) is 0 Å². The van der Waals surface area contributed by atoms with Crippen LogP contribution in [0.15, 0.2) is 30.5 Å². The molecule has 2 heterocycles. The van der Waals surface area contributed by atoms with Gasteiger partial charge in [-0.1, -0.05) is 23.2 Å². The fourth-order valence-electron chi connectivity index (χ4n) is 2.78. The van der Waals surface area contributed by atoms with Gasteiger partial charge in [-0.15, -0.1) is 0 Å². The molecule has 110 valence electrons. The highest BCUT2D eigenvalue weighted by Crippen LogP contribution is 2.44. The number of nitrogens with zero attached hydrogens (tertiary/aromatic N) is 1. The van der Waals surface area contributed by atoms with E-state index in [9.17, 15) is 10.1 Å². The molecule has 1 aliphatic rings. The standard InChI is InChI=1S/C15H8Cl2N2O3/c16-9-2-7-1-8-6-18-12-4-10(19(20)21)5-13(14(8)12)22-15(7)11(17)3-9/h2-6,18H,1H2. The van der Waals surface area contributed by atoms with Gasteiger partial charge in [-0.05, 0) is 17.7 Å². The van der Waals surface area contributed by atoms with Crippen LogP contribution in [0, 0.1) is 10.1 Å². The third-order valence-electron chi connectivity index (χ3n) is 3.70. The van der Waals surface area contributed by atoms with E-state index in [-0.39, 0.29) is 5.69 Å². The Morgan fingerprint density at radius 3 is 2.77 bits per heavy atom. The minimum absolute atomic E-state index is 0.0376. The summed E-state index contributed by atoms with van der Waals surface area (Å²) < 4.78 is 5.89. The van der Waals surface area contributed by atoms with Gasteiger partial charge in [-0.25, -0.2) is 0 Å². The van der Waals surface area contributed by atoms with E-state index in [0.717, 1.165) is 16.5 Å². The van der Waals surface area contributed by atoms with Crippen LogP contribution in [0.5, 0.6) is 11.5 Å². The molecule has 1 N–H and O–H groups in total. The van der Waals surface area contributed by atoms with Crippen molar-refractivity contribution in [3.63, 3.8) is 0 Å². The molecule has 0 spiro atoms. The molecule has 22 heavy (non-hydrogen) atoms. The molecule has 0 saturated heterocycles. The predicted octanol–water partition coefficient (Wildman–Crippen LogP) is 5.08. The number of H-pyrrole nitrogens is 1. The van der Waals surface area contributed by atoms with Crippen molar-refractivity contribution in [3.05, 3.63) is 61.7 Å². The van der Waals surface area contributed by atoms with Crippen molar-refractivity contribution in [2.45, 2.75) is 6.42 Å². The van der Waals surface area contributed by atoms with Crippen LogP contribution in [0.2, 0.25) is 10.0 Å². The number of fused-ring (bicyclic) bond motifs is 1. The lowest BCUT2D eigenvalue weighted by molar-refractivity contribution is -0.384. The van der Waals surface area contributed by atoms with Gasteiger partial charge < -0.3 is 9.72 Å². The van der Waals surface area contributed by atoms with Gasteiger partial charge in [0.2, 0.25) is 0 Å². The van der Waals surface area contributed by atoms with E-state index in [1.54, 1.807) is 12.1 Å². The third kappa shape index (κ3) is 1.94. The SMILES string of the molecule is O=[N+]([O-])c1cc2c3c(c[nH]c3c1)Cc1cc(Cl)cc(Cl)c1O2. The van der Waals surface area contributed by atoms with Gasteiger partial charge in [0.15, 0.2) is 0 Å². The van der Waals surface area contributed by atoms with E-state index < -0.39 is 4.92 Å². The monoisotopic (exact) mass is 334 g/mol. The summed E-state index contributed by atoms with van der Waals surface area (Å²) in [5, 5.41) is 12.8. The molecule has 1 aromatic heterocycles. The highest BCUT2D eigenvalue weighted by molar-refractivity contribution is 6.35. The van der Waals surface area contributed by atoms with Crippen molar-refractivity contribution >= 4 is 39.8 Å². The summed E-state index contributed by atoms with van der Waals surface area (Å²) in [6, 6.07) is 6.30. The van der Waals surface area contributed by atoms with Gasteiger partial charge >= 0.3 is 0 Å². The third-order valence-corrected chi connectivity index (χ3v) is 4.20. The number of hydrogen-bond acceptors (Lipinski definition) is 3. The molecular weight excluding hydrogens is 327 g/mol. The molecule has 0 atom stereocenters. The minimum atomic E-state index is -0.449. The van der Waals surface area contributed by atoms with Crippen LogP contribution < -0.4 is 4.74 Å². The van der Waals surface area contributed by atoms with Gasteiger partial charge in [-0.3, -0.25) is 10.1 Å². The first kappa shape index (κ1) is 13.4. The second kappa shape index (κ2) is 4.63. The number of non-ortho nitro benzene ring substituents is 1. The number of nitrogens with one attached hydrogen (secondary N) is 1. The first-order chi connectivity index (χ1) is 10.5. The number of nitro groups is 1. The van der Waals surface area contributed by atoms with Crippen molar-refractivity contribution in [1.82, 2.24) is 4.98 Å². The number of aromatic nitrogens is 1. The molecule has 0 radical (unpaired) electrons. The Bertz CT molecular complexity index is 950. The Hall–Kier alpha value is -2.24. The normalized spacial score (nSPS) is 12.6. The zero-order valence-electron chi connectivity index (χ0n) is 11.0. The fraction of sp³-hybridized carbons (Fsp3) is 0.0667. The average molecular weight is 335 g/mol. The van der Waals surface area contributed by atoms with Crippen LogP contribution in [0.1, 0.15) is 11.1 Å². The first-order valence-electron chi connectivity index (χ1n) is 6.47. The number of aromatic amines is 1. The number of hydrogen-bond donors (Lipinski definition) is 1. The second-order valence-electron chi connectivity index (χ2n) is 5.09. The van der Waals surface area contributed by atoms with Crippen LogP contribution in [0.25, 0.3) is 10.9 Å².